The van der Waals surface area contributed by atoms with Crippen molar-refractivity contribution in [2.24, 2.45) is 0 Å². The van der Waals surface area contributed by atoms with E-state index in [9.17, 15) is 4.39 Å². The largest absolute Gasteiger partial charge is 0.331 e. The molecule has 1 aromatic carbocycles. The molecule has 2 nitrogen and oxygen atoms in total. The molecule has 1 aliphatic carbocycles. The van der Waals surface area contributed by atoms with Crippen LogP contribution in [0.15, 0.2) is 12.1 Å². The molecule has 0 spiro atoms. The van der Waals surface area contributed by atoms with E-state index in [2.05, 4.69) is 4.98 Å². The van der Waals surface area contributed by atoms with Gasteiger partial charge in [-0.2, -0.15) is 0 Å². The Hall–Kier alpha value is -0.870. The number of halogens is 2. The molecule has 78 valence electrons. The molecular weight excluding hydrogens is 235 g/mol. The number of rotatable bonds is 1. The van der Waals surface area contributed by atoms with E-state index in [4.69, 9.17) is 23.8 Å². The number of fused-ring (bicyclic) bond motifs is 1. The Morgan fingerprint density at radius 3 is 2.87 bits per heavy atom. The summed E-state index contributed by atoms with van der Waals surface area (Å²) in [4.78, 5) is 3.04. The van der Waals surface area contributed by atoms with Crippen LogP contribution in [0.3, 0.4) is 0 Å². The lowest BCUT2D eigenvalue weighted by atomic mass is 10.3. The van der Waals surface area contributed by atoms with Gasteiger partial charge in [0.05, 0.1) is 16.1 Å². The zero-order chi connectivity index (χ0) is 10.6. The van der Waals surface area contributed by atoms with Gasteiger partial charge in [-0.3, -0.25) is 0 Å². The summed E-state index contributed by atoms with van der Waals surface area (Å²) in [7, 11) is 0. The standard InChI is InChI=1S/C10H8ClFN2S/c11-6-3-8-9(4-7(6)12)14(5-1-2-5)10(15)13-8/h3-5H,1-2H2,(H,13,15). The van der Waals surface area contributed by atoms with Gasteiger partial charge in [0.15, 0.2) is 4.77 Å². The Bertz CT molecular complexity index is 597. The van der Waals surface area contributed by atoms with Gasteiger partial charge < -0.3 is 9.55 Å². The first-order valence-corrected chi connectivity index (χ1v) is 5.54. The Morgan fingerprint density at radius 2 is 2.20 bits per heavy atom. The maximum absolute atomic E-state index is 13.3. The number of hydrogen-bond donors (Lipinski definition) is 1. The summed E-state index contributed by atoms with van der Waals surface area (Å²) in [6.45, 7) is 0. The number of benzene rings is 1. The minimum Gasteiger partial charge on any atom is -0.331 e. The van der Waals surface area contributed by atoms with Crippen molar-refractivity contribution in [3.8, 4) is 0 Å². The number of nitrogens with one attached hydrogen (secondary N) is 1. The molecule has 0 unspecified atom stereocenters. The Kier molecular flexibility index (Phi) is 1.91. The van der Waals surface area contributed by atoms with Crippen molar-refractivity contribution in [2.45, 2.75) is 18.9 Å². The summed E-state index contributed by atoms with van der Waals surface area (Å²) in [5, 5.41) is 0.127. The quantitative estimate of drug-likeness (QED) is 0.754. The third kappa shape index (κ3) is 1.40. The molecule has 1 aliphatic rings. The van der Waals surface area contributed by atoms with Gasteiger partial charge in [-0.05, 0) is 31.1 Å². The molecule has 0 saturated heterocycles. The van der Waals surface area contributed by atoms with Crippen LogP contribution in [-0.2, 0) is 0 Å². The highest BCUT2D eigenvalue weighted by Crippen LogP contribution is 2.38. The van der Waals surface area contributed by atoms with Crippen LogP contribution >= 0.6 is 23.8 Å². The van der Waals surface area contributed by atoms with Gasteiger partial charge in [-0.15, -0.1) is 0 Å². The summed E-state index contributed by atoms with van der Waals surface area (Å²) in [6, 6.07) is 3.47. The van der Waals surface area contributed by atoms with E-state index in [0.717, 1.165) is 23.9 Å². The number of imidazole rings is 1. The summed E-state index contributed by atoms with van der Waals surface area (Å²) < 4.78 is 16.0. The maximum Gasteiger partial charge on any atom is 0.178 e. The fourth-order valence-electron chi connectivity index (χ4n) is 1.82. The highest BCUT2D eigenvalue weighted by Gasteiger charge is 2.26. The van der Waals surface area contributed by atoms with Gasteiger partial charge >= 0.3 is 0 Å². The molecule has 0 radical (unpaired) electrons. The molecule has 0 atom stereocenters. The third-order valence-electron chi connectivity index (χ3n) is 2.67. The average molecular weight is 243 g/mol. The van der Waals surface area contributed by atoms with Gasteiger partial charge in [0.1, 0.15) is 5.82 Å². The summed E-state index contributed by atoms with van der Waals surface area (Å²) in [6.07, 6.45) is 2.23. The maximum atomic E-state index is 13.3. The minimum absolute atomic E-state index is 0.127. The van der Waals surface area contributed by atoms with Crippen molar-refractivity contribution in [1.29, 1.82) is 0 Å². The second kappa shape index (κ2) is 3.06. The van der Waals surface area contributed by atoms with Gasteiger partial charge in [-0.25, -0.2) is 4.39 Å². The molecule has 1 heterocycles. The van der Waals surface area contributed by atoms with E-state index < -0.39 is 5.82 Å². The van der Waals surface area contributed by atoms with Crippen molar-refractivity contribution in [3.05, 3.63) is 27.7 Å². The Balaban J connectivity index is 2.39. The van der Waals surface area contributed by atoms with Crippen molar-refractivity contribution in [3.63, 3.8) is 0 Å². The number of nitrogens with zero attached hydrogens (tertiary/aromatic N) is 1. The zero-order valence-electron chi connectivity index (χ0n) is 7.76. The zero-order valence-corrected chi connectivity index (χ0v) is 9.33. The van der Waals surface area contributed by atoms with Gasteiger partial charge in [0, 0.05) is 12.1 Å². The molecule has 3 rings (SSSR count). The van der Waals surface area contributed by atoms with Gasteiger partial charge in [-0.1, -0.05) is 11.6 Å². The van der Waals surface area contributed by atoms with Crippen LogP contribution in [0.5, 0.6) is 0 Å². The number of H-pyrrole nitrogens is 1. The van der Waals surface area contributed by atoms with E-state index in [-0.39, 0.29) is 5.02 Å². The van der Waals surface area contributed by atoms with Crippen LogP contribution in [-0.4, -0.2) is 9.55 Å². The van der Waals surface area contributed by atoms with Crippen LogP contribution in [0.2, 0.25) is 5.02 Å². The van der Waals surface area contributed by atoms with Gasteiger partial charge in [0.25, 0.3) is 0 Å². The van der Waals surface area contributed by atoms with Crippen molar-refractivity contribution in [1.82, 2.24) is 9.55 Å². The SMILES string of the molecule is Fc1cc2c(cc1Cl)[nH]c(=S)n2C1CC1. The number of hydrogen-bond acceptors (Lipinski definition) is 1. The molecule has 1 N–H and O–H groups in total. The first kappa shape index (κ1) is 9.36. The lowest BCUT2D eigenvalue weighted by Gasteiger charge is -2.01. The van der Waals surface area contributed by atoms with Crippen LogP contribution in [0.25, 0.3) is 11.0 Å². The molecule has 1 fully saturated rings. The fraction of sp³-hybridized carbons (Fsp3) is 0.300. The normalized spacial score (nSPS) is 16.1. The van der Waals surface area contributed by atoms with Crippen LogP contribution in [0.1, 0.15) is 18.9 Å². The predicted molar refractivity (Wildman–Crippen MR) is 60.4 cm³/mol. The molecule has 0 amide bonds. The summed E-state index contributed by atoms with van der Waals surface area (Å²) in [5.74, 6) is -0.396. The third-order valence-corrected chi connectivity index (χ3v) is 3.26. The first-order chi connectivity index (χ1) is 7.16. The van der Waals surface area contributed by atoms with Crippen LogP contribution in [0.4, 0.5) is 4.39 Å². The monoisotopic (exact) mass is 242 g/mol. The predicted octanol–water partition coefficient (Wildman–Crippen LogP) is 3.83. The Morgan fingerprint density at radius 1 is 1.47 bits per heavy atom. The average Bonchev–Trinajstić information content (AvgIpc) is 2.93. The van der Waals surface area contributed by atoms with Crippen molar-refractivity contribution in [2.75, 3.05) is 0 Å². The summed E-state index contributed by atoms with van der Waals surface area (Å²) >= 11 is 10.9. The molecule has 5 heteroatoms. The van der Waals surface area contributed by atoms with Crippen LogP contribution in [0, 0.1) is 10.6 Å². The van der Waals surface area contributed by atoms with E-state index in [1.165, 1.54) is 6.07 Å². The fourth-order valence-corrected chi connectivity index (χ4v) is 2.34. The van der Waals surface area contributed by atoms with Crippen molar-refractivity contribution >= 4 is 34.9 Å². The molecule has 15 heavy (non-hydrogen) atoms. The second-order valence-corrected chi connectivity index (χ2v) is 4.61. The van der Waals surface area contributed by atoms with Gasteiger partial charge in [0.2, 0.25) is 0 Å². The smallest absolute Gasteiger partial charge is 0.178 e. The first-order valence-electron chi connectivity index (χ1n) is 4.76. The molecular formula is C10H8ClFN2S. The van der Waals surface area contributed by atoms with E-state index in [1.54, 1.807) is 6.07 Å². The number of aromatic nitrogens is 2. The van der Waals surface area contributed by atoms with E-state index in [1.807, 2.05) is 4.57 Å². The number of aromatic amines is 1. The second-order valence-electron chi connectivity index (χ2n) is 3.81. The molecule has 0 aliphatic heterocycles. The minimum atomic E-state index is -0.396. The molecule has 0 bridgehead atoms. The Labute approximate surface area is 95.7 Å². The topological polar surface area (TPSA) is 20.7 Å². The lowest BCUT2D eigenvalue weighted by Crippen LogP contribution is -1.93. The highest BCUT2D eigenvalue weighted by molar-refractivity contribution is 7.71. The van der Waals surface area contributed by atoms with Crippen LogP contribution < -0.4 is 0 Å². The van der Waals surface area contributed by atoms with E-state index in [0.29, 0.717) is 10.8 Å². The van der Waals surface area contributed by atoms with E-state index >= 15 is 0 Å². The van der Waals surface area contributed by atoms with Crippen molar-refractivity contribution < 1.29 is 4.39 Å². The molecule has 1 saturated carbocycles. The summed E-state index contributed by atoms with van der Waals surface area (Å²) in [5.41, 5.74) is 1.61. The molecule has 2 aromatic rings. The molecule has 1 aromatic heterocycles. The lowest BCUT2D eigenvalue weighted by molar-refractivity contribution is 0.628. The highest BCUT2D eigenvalue weighted by atomic mass is 35.5.